The molecular weight excluding hydrogens is 248 g/mol. The Morgan fingerprint density at radius 3 is 2.74 bits per heavy atom. The lowest BCUT2D eigenvalue weighted by molar-refractivity contribution is -0.124. The molecule has 1 amide bonds. The van der Waals surface area contributed by atoms with E-state index in [1.807, 2.05) is 20.8 Å². The number of amides is 1. The van der Waals surface area contributed by atoms with Gasteiger partial charge in [-0.1, -0.05) is 6.92 Å². The first-order valence-corrected chi connectivity index (χ1v) is 5.98. The van der Waals surface area contributed by atoms with Crippen LogP contribution in [-0.2, 0) is 4.79 Å². The second kappa shape index (κ2) is 6.17. The topological polar surface area (TPSA) is 88.5 Å². The molecule has 0 aliphatic rings. The van der Waals surface area contributed by atoms with Gasteiger partial charge < -0.3 is 15.2 Å². The number of carbonyl (C=O) groups excluding carboxylic acids is 1. The van der Waals surface area contributed by atoms with Gasteiger partial charge in [0, 0.05) is 11.7 Å². The number of nitrogens with zero attached hydrogens (tertiary/aromatic N) is 1. The number of carboxylic acid groups (broad SMARTS) is 1. The summed E-state index contributed by atoms with van der Waals surface area (Å²) < 4.78 is 5.20. The average Bonchev–Trinajstić information content (AvgIpc) is 2.36. The van der Waals surface area contributed by atoms with E-state index in [9.17, 15) is 9.59 Å². The lowest BCUT2D eigenvalue weighted by atomic mass is 10.0. The van der Waals surface area contributed by atoms with E-state index in [4.69, 9.17) is 9.84 Å². The predicted octanol–water partition coefficient (Wildman–Crippen LogP) is 1.46. The van der Waals surface area contributed by atoms with Gasteiger partial charge in [-0.25, -0.2) is 9.78 Å². The lowest BCUT2D eigenvalue weighted by Crippen LogP contribution is -2.45. The molecule has 1 heterocycles. The van der Waals surface area contributed by atoms with Crippen LogP contribution in [0.5, 0.6) is 5.75 Å². The standard InChI is InChI=1S/C13H18N2O4/c1-4-13(2,3)15-10(16)8-19-9-6-5-7-14-11(9)12(17)18/h5-7H,4,8H2,1-3H3,(H,15,16)(H,17,18). The molecule has 0 saturated heterocycles. The van der Waals surface area contributed by atoms with E-state index in [2.05, 4.69) is 10.3 Å². The van der Waals surface area contributed by atoms with Crippen LogP contribution in [0.4, 0.5) is 0 Å². The SMILES string of the molecule is CCC(C)(C)NC(=O)COc1cccnc1C(=O)O. The van der Waals surface area contributed by atoms with E-state index in [0.717, 1.165) is 6.42 Å². The van der Waals surface area contributed by atoms with Gasteiger partial charge in [0.25, 0.3) is 5.91 Å². The first-order chi connectivity index (χ1) is 8.85. The van der Waals surface area contributed by atoms with E-state index in [0.29, 0.717) is 0 Å². The molecular formula is C13H18N2O4. The maximum atomic E-state index is 11.7. The number of carbonyl (C=O) groups is 2. The van der Waals surface area contributed by atoms with E-state index in [1.54, 1.807) is 6.07 Å². The minimum Gasteiger partial charge on any atom is -0.481 e. The van der Waals surface area contributed by atoms with Gasteiger partial charge in [-0.05, 0) is 32.4 Å². The van der Waals surface area contributed by atoms with Crippen LogP contribution in [0, 0.1) is 0 Å². The summed E-state index contributed by atoms with van der Waals surface area (Å²) in [6, 6.07) is 3.02. The van der Waals surface area contributed by atoms with Gasteiger partial charge >= 0.3 is 5.97 Å². The lowest BCUT2D eigenvalue weighted by Gasteiger charge is -2.24. The predicted molar refractivity (Wildman–Crippen MR) is 69.2 cm³/mol. The fraction of sp³-hybridized carbons (Fsp3) is 0.462. The maximum Gasteiger partial charge on any atom is 0.358 e. The molecule has 1 rings (SSSR count). The van der Waals surface area contributed by atoms with E-state index >= 15 is 0 Å². The summed E-state index contributed by atoms with van der Waals surface area (Å²) in [5.74, 6) is -1.41. The van der Waals surface area contributed by atoms with Crippen molar-refractivity contribution in [2.45, 2.75) is 32.7 Å². The molecule has 104 valence electrons. The minimum absolute atomic E-state index is 0.0828. The van der Waals surface area contributed by atoms with Crippen LogP contribution in [0.15, 0.2) is 18.3 Å². The molecule has 0 atom stereocenters. The number of hydrogen-bond donors (Lipinski definition) is 2. The Bertz CT molecular complexity index is 471. The highest BCUT2D eigenvalue weighted by molar-refractivity contribution is 5.88. The van der Waals surface area contributed by atoms with Crippen LogP contribution in [0.3, 0.4) is 0 Å². The fourth-order valence-electron chi connectivity index (χ4n) is 1.31. The Kier molecular flexibility index (Phi) is 4.86. The summed E-state index contributed by atoms with van der Waals surface area (Å²) in [4.78, 5) is 26.3. The first-order valence-electron chi connectivity index (χ1n) is 5.98. The monoisotopic (exact) mass is 266 g/mol. The Morgan fingerprint density at radius 1 is 1.47 bits per heavy atom. The molecule has 6 nitrogen and oxygen atoms in total. The minimum atomic E-state index is -1.19. The average molecular weight is 266 g/mol. The highest BCUT2D eigenvalue weighted by Crippen LogP contribution is 2.15. The number of pyridine rings is 1. The molecule has 0 bridgehead atoms. The summed E-state index contributed by atoms with van der Waals surface area (Å²) in [5.41, 5.74) is -0.518. The van der Waals surface area contributed by atoms with Crippen molar-refractivity contribution in [3.05, 3.63) is 24.0 Å². The van der Waals surface area contributed by atoms with Crippen LogP contribution in [0.1, 0.15) is 37.7 Å². The Labute approximate surface area is 111 Å². The van der Waals surface area contributed by atoms with Gasteiger partial charge in [-0.3, -0.25) is 4.79 Å². The molecule has 2 N–H and O–H groups in total. The number of nitrogens with one attached hydrogen (secondary N) is 1. The molecule has 0 fully saturated rings. The van der Waals surface area contributed by atoms with Crippen LogP contribution in [0.2, 0.25) is 0 Å². The van der Waals surface area contributed by atoms with E-state index in [-0.39, 0.29) is 29.5 Å². The summed E-state index contributed by atoms with van der Waals surface area (Å²) in [5, 5.41) is 11.7. The zero-order chi connectivity index (χ0) is 14.5. The maximum absolute atomic E-state index is 11.7. The van der Waals surface area contributed by atoms with Gasteiger partial charge in [0.15, 0.2) is 18.1 Å². The van der Waals surface area contributed by atoms with Gasteiger partial charge in [0.05, 0.1) is 0 Å². The van der Waals surface area contributed by atoms with Crippen molar-refractivity contribution < 1.29 is 19.4 Å². The smallest absolute Gasteiger partial charge is 0.358 e. The number of aromatic carboxylic acids is 1. The van der Waals surface area contributed by atoms with E-state index in [1.165, 1.54) is 12.3 Å². The van der Waals surface area contributed by atoms with Crippen molar-refractivity contribution in [2.75, 3.05) is 6.61 Å². The third-order valence-corrected chi connectivity index (χ3v) is 2.69. The Balaban J connectivity index is 2.63. The third kappa shape index (κ3) is 4.57. The number of aromatic nitrogens is 1. The molecule has 0 aliphatic heterocycles. The van der Waals surface area contributed by atoms with Crippen molar-refractivity contribution in [3.63, 3.8) is 0 Å². The molecule has 0 aliphatic carbocycles. The van der Waals surface area contributed by atoms with Crippen LogP contribution >= 0.6 is 0 Å². The van der Waals surface area contributed by atoms with Crippen molar-refractivity contribution in [2.24, 2.45) is 0 Å². The van der Waals surface area contributed by atoms with Gasteiger partial charge in [0.2, 0.25) is 0 Å². The van der Waals surface area contributed by atoms with Crippen LogP contribution < -0.4 is 10.1 Å². The number of carboxylic acids is 1. The molecule has 19 heavy (non-hydrogen) atoms. The van der Waals surface area contributed by atoms with Gasteiger partial charge in [-0.2, -0.15) is 0 Å². The third-order valence-electron chi connectivity index (χ3n) is 2.69. The molecule has 0 radical (unpaired) electrons. The van der Waals surface area contributed by atoms with Crippen LogP contribution in [-0.4, -0.2) is 34.1 Å². The molecule has 0 spiro atoms. The summed E-state index contributed by atoms with van der Waals surface area (Å²) in [6.45, 7) is 5.52. The second-order valence-corrected chi connectivity index (χ2v) is 4.73. The highest BCUT2D eigenvalue weighted by atomic mass is 16.5. The Hall–Kier alpha value is -2.11. The highest BCUT2D eigenvalue weighted by Gasteiger charge is 2.19. The molecule has 0 unspecified atom stereocenters. The number of hydrogen-bond acceptors (Lipinski definition) is 4. The van der Waals surface area contributed by atoms with Crippen molar-refractivity contribution in [1.29, 1.82) is 0 Å². The summed E-state index contributed by atoms with van der Waals surface area (Å²) >= 11 is 0. The van der Waals surface area contributed by atoms with Crippen LogP contribution in [0.25, 0.3) is 0 Å². The van der Waals surface area contributed by atoms with Crippen molar-refractivity contribution in [1.82, 2.24) is 10.3 Å². The largest absolute Gasteiger partial charge is 0.481 e. The first kappa shape index (κ1) is 14.9. The quantitative estimate of drug-likeness (QED) is 0.813. The summed E-state index contributed by atoms with van der Waals surface area (Å²) in [6.07, 6.45) is 2.14. The van der Waals surface area contributed by atoms with Crippen molar-refractivity contribution >= 4 is 11.9 Å². The fourth-order valence-corrected chi connectivity index (χ4v) is 1.31. The zero-order valence-corrected chi connectivity index (χ0v) is 11.3. The number of ether oxygens (including phenoxy) is 1. The summed E-state index contributed by atoms with van der Waals surface area (Å²) in [7, 11) is 0. The van der Waals surface area contributed by atoms with Crippen molar-refractivity contribution in [3.8, 4) is 5.75 Å². The van der Waals surface area contributed by atoms with E-state index < -0.39 is 5.97 Å². The molecule has 1 aromatic rings. The molecule has 6 heteroatoms. The normalized spacial score (nSPS) is 10.9. The molecule has 0 saturated carbocycles. The molecule has 0 aromatic carbocycles. The van der Waals surface area contributed by atoms with Gasteiger partial charge in [0.1, 0.15) is 0 Å². The Morgan fingerprint density at radius 2 is 2.16 bits per heavy atom. The number of rotatable bonds is 6. The second-order valence-electron chi connectivity index (χ2n) is 4.73. The zero-order valence-electron chi connectivity index (χ0n) is 11.3. The van der Waals surface area contributed by atoms with Gasteiger partial charge in [-0.15, -0.1) is 0 Å². The molecule has 1 aromatic heterocycles.